The summed E-state index contributed by atoms with van der Waals surface area (Å²) in [6.07, 6.45) is 6.91. The van der Waals surface area contributed by atoms with E-state index in [1.807, 2.05) is 18.2 Å². The van der Waals surface area contributed by atoms with Gasteiger partial charge in [-0.25, -0.2) is 0 Å². The smallest absolute Gasteiger partial charge is 0.166 e. The van der Waals surface area contributed by atoms with Gasteiger partial charge in [-0.2, -0.15) is 0 Å². The van der Waals surface area contributed by atoms with Gasteiger partial charge in [0, 0.05) is 35.8 Å². The zero-order valence-corrected chi connectivity index (χ0v) is 12.2. The van der Waals surface area contributed by atoms with Crippen molar-refractivity contribution in [2.45, 2.75) is 0 Å². The first kappa shape index (κ1) is 13.4. The molecule has 0 aliphatic rings. The molecule has 21 heavy (non-hydrogen) atoms. The average Bonchev–Trinajstić information content (AvgIpc) is 3.05. The monoisotopic (exact) mass is 296 g/mol. The molecule has 3 heterocycles. The van der Waals surface area contributed by atoms with Crippen LogP contribution in [0.5, 0.6) is 5.75 Å². The molecule has 5 nitrogen and oxygen atoms in total. The summed E-state index contributed by atoms with van der Waals surface area (Å²) >= 11 is 1.47. The van der Waals surface area contributed by atoms with Crippen LogP contribution in [0.1, 0.15) is 5.56 Å². The normalized spacial score (nSPS) is 10.3. The molecule has 0 aliphatic heterocycles. The number of rotatable bonds is 4. The summed E-state index contributed by atoms with van der Waals surface area (Å²) in [6, 6.07) is 5.66. The quantitative estimate of drug-likeness (QED) is 0.739. The zero-order chi connectivity index (χ0) is 14.7. The van der Waals surface area contributed by atoms with Crippen LogP contribution >= 0.6 is 11.3 Å². The third-order valence-electron chi connectivity index (χ3n) is 2.89. The molecule has 0 saturated carbocycles. The standard InChI is InChI=1S/C15H12N4OS/c1-3-10-9-17-12(7-13(10)20-2)15-19-18-14(21-15)11-5-4-6-16-8-11/h3-9H,1H2,2H3. The lowest BCUT2D eigenvalue weighted by molar-refractivity contribution is 0.413. The van der Waals surface area contributed by atoms with Crippen LogP contribution in [-0.4, -0.2) is 27.3 Å². The van der Waals surface area contributed by atoms with E-state index in [2.05, 4.69) is 26.7 Å². The first-order valence-corrected chi connectivity index (χ1v) is 7.04. The Labute approximate surface area is 126 Å². The van der Waals surface area contributed by atoms with Crippen molar-refractivity contribution in [1.82, 2.24) is 20.2 Å². The number of pyridine rings is 2. The Kier molecular flexibility index (Phi) is 3.70. The van der Waals surface area contributed by atoms with E-state index in [0.717, 1.165) is 26.8 Å². The zero-order valence-electron chi connectivity index (χ0n) is 11.4. The lowest BCUT2D eigenvalue weighted by atomic mass is 10.2. The van der Waals surface area contributed by atoms with Crippen molar-refractivity contribution in [3.05, 3.63) is 48.9 Å². The summed E-state index contributed by atoms with van der Waals surface area (Å²) in [7, 11) is 1.62. The number of nitrogens with zero attached hydrogens (tertiary/aromatic N) is 4. The molecule has 0 radical (unpaired) electrons. The third-order valence-corrected chi connectivity index (χ3v) is 3.88. The molecule has 0 aliphatic carbocycles. The van der Waals surface area contributed by atoms with E-state index in [4.69, 9.17) is 4.74 Å². The minimum absolute atomic E-state index is 0.716. The van der Waals surface area contributed by atoms with Crippen molar-refractivity contribution in [2.24, 2.45) is 0 Å². The fourth-order valence-electron chi connectivity index (χ4n) is 1.83. The molecule has 3 aromatic heterocycles. The number of hydrogen-bond donors (Lipinski definition) is 0. The van der Waals surface area contributed by atoms with E-state index in [1.165, 1.54) is 11.3 Å². The minimum Gasteiger partial charge on any atom is -0.496 e. The number of methoxy groups -OCH3 is 1. The molecule has 0 aromatic carbocycles. The second-order valence-electron chi connectivity index (χ2n) is 4.17. The Morgan fingerprint density at radius 3 is 2.81 bits per heavy atom. The maximum Gasteiger partial charge on any atom is 0.166 e. The molecule has 0 fully saturated rings. The predicted molar refractivity (Wildman–Crippen MR) is 83.0 cm³/mol. The largest absolute Gasteiger partial charge is 0.496 e. The van der Waals surface area contributed by atoms with Crippen molar-refractivity contribution in [3.8, 4) is 27.0 Å². The second-order valence-corrected chi connectivity index (χ2v) is 5.15. The average molecular weight is 296 g/mol. The summed E-state index contributed by atoms with van der Waals surface area (Å²) in [5.74, 6) is 0.716. The fourth-order valence-corrected chi connectivity index (χ4v) is 2.63. The van der Waals surface area contributed by atoms with Crippen molar-refractivity contribution in [1.29, 1.82) is 0 Å². The lowest BCUT2D eigenvalue weighted by Crippen LogP contribution is -1.91. The van der Waals surface area contributed by atoms with Gasteiger partial charge in [0.2, 0.25) is 0 Å². The van der Waals surface area contributed by atoms with Gasteiger partial charge in [0.1, 0.15) is 16.5 Å². The van der Waals surface area contributed by atoms with E-state index in [1.54, 1.807) is 31.8 Å². The second kappa shape index (κ2) is 5.80. The Morgan fingerprint density at radius 2 is 2.10 bits per heavy atom. The maximum atomic E-state index is 5.33. The summed E-state index contributed by atoms with van der Waals surface area (Å²) in [5, 5.41) is 9.93. The van der Waals surface area contributed by atoms with Gasteiger partial charge in [0.15, 0.2) is 5.01 Å². The summed E-state index contributed by atoms with van der Waals surface area (Å²) in [6.45, 7) is 3.73. The first-order chi connectivity index (χ1) is 10.3. The predicted octanol–water partition coefficient (Wildman–Crippen LogP) is 3.31. The molecule has 0 unspecified atom stereocenters. The Hall–Kier alpha value is -2.60. The number of aromatic nitrogens is 4. The van der Waals surface area contributed by atoms with Crippen LogP contribution in [0.3, 0.4) is 0 Å². The van der Waals surface area contributed by atoms with Crippen molar-refractivity contribution < 1.29 is 4.74 Å². The van der Waals surface area contributed by atoms with Crippen molar-refractivity contribution >= 4 is 17.4 Å². The summed E-state index contributed by atoms with van der Waals surface area (Å²) in [4.78, 5) is 8.46. The molecule has 0 saturated heterocycles. The number of ether oxygens (including phenoxy) is 1. The van der Waals surface area contributed by atoms with Crippen molar-refractivity contribution in [2.75, 3.05) is 7.11 Å². The minimum atomic E-state index is 0.716. The molecule has 0 amide bonds. The Morgan fingerprint density at radius 1 is 1.24 bits per heavy atom. The maximum absolute atomic E-state index is 5.33. The Bertz CT molecular complexity index is 770. The van der Waals surface area contributed by atoms with E-state index in [-0.39, 0.29) is 0 Å². The molecule has 3 aromatic rings. The van der Waals surface area contributed by atoms with Crippen LogP contribution in [0.2, 0.25) is 0 Å². The summed E-state index contributed by atoms with van der Waals surface area (Å²) in [5.41, 5.74) is 2.51. The highest BCUT2D eigenvalue weighted by Crippen LogP contribution is 2.31. The van der Waals surface area contributed by atoms with E-state index in [9.17, 15) is 0 Å². The molecule has 6 heteroatoms. The lowest BCUT2D eigenvalue weighted by Gasteiger charge is -2.04. The van der Waals surface area contributed by atoms with E-state index in [0.29, 0.717) is 5.75 Å². The van der Waals surface area contributed by atoms with Gasteiger partial charge >= 0.3 is 0 Å². The molecular weight excluding hydrogens is 284 g/mol. The molecule has 104 valence electrons. The first-order valence-electron chi connectivity index (χ1n) is 6.22. The van der Waals surface area contributed by atoms with Gasteiger partial charge in [0.05, 0.1) is 7.11 Å². The van der Waals surface area contributed by atoms with Gasteiger partial charge in [-0.1, -0.05) is 24.0 Å². The third kappa shape index (κ3) is 2.66. The van der Waals surface area contributed by atoms with Gasteiger partial charge in [-0.3, -0.25) is 9.97 Å². The van der Waals surface area contributed by atoms with E-state index >= 15 is 0 Å². The van der Waals surface area contributed by atoms with Gasteiger partial charge < -0.3 is 4.74 Å². The Balaban J connectivity index is 1.98. The summed E-state index contributed by atoms with van der Waals surface area (Å²) < 4.78 is 5.33. The van der Waals surface area contributed by atoms with Crippen LogP contribution in [-0.2, 0) is 0 Å². The van der Waals surface area contributed by atoms with Crippen LogP contribution < -0.4 is 4.74 Å². The molecule has 3 rings (SSSR count). The van der Waals surface area contributed by atoms with Crippen LogP contribution in [0.4, 0.5) is 0 Å². The van der Waals surface area contributed by atoms with Crippen molar-refractivity contribution in [3.63, 3.8) is 0 Å². The highest BCUT2D eigenvalue weighted by molar-refractivity contribution is 7.17. The van der Waals surface area contributed by atoms with Crippen LogP contribution in [0.15, 0.2) is 43.4 Å². The van der Waals surface area contributed by atoms with Gasteiger partial charge in [0.25, 0.3) is 0 Å². The van der Waals surface area contributed by atoms with Crippen LogP contribution in [0.25, 0.3) is 27.3 Å². The molecular formula is C15H12N4OS. The highest BCUT2D eigenvalue weighted by atomic mass is 32.1. The van der Waals surface area contributed by atoms with Crippen LogP contribution in [0, 0.1) is 0 Å². The molecule has 0 spiro atoms. The molecule has 0 bridgehead atoms. The van der Waals surface area contributed by atoms with E-state index < -0.39 is 0 Å². The SMILES string of the molecule is C=Cc1cnc(-c2nnc(-c3cccnc3)s2)cc1OC. The molecule has 0 N–H and O–H groups in total. The van der Waals surface area contributed by atoms with Gasteiger partial charge in [-0.05, 0) is 12.1 Å². The fraction of sp³-hybridized carbons (Fsp3) is 0.0667. The van der Waals surface area contributed by atoms with Gasteiger partial charge in [-0.15, -0.1) is 10.2 Å². The number of hydrogen-bond acceptors (Lipinski definition) is 6. The topological polar surface area (TPSA) is 60.8 Å². The molecule has 0 atom stereocenters. The highest BCUT2D eigenvalue weighted by Gasteiger charge is 2.12.